The molecule has 0 amide bonds. The predicted octanol–water partition coefficient (Wildman–Crippen LogP) is 4.26. The van der Waals surface area contributed by atoms with Crippen molar-refractivity contribution in [1.29, 1.82) is 0 Å². The molecular weight excluding hydrogens is 536 g/mol. The smallest absolute Gasteiger partial charge is 0.369 e. The van der Waals surface area contributed by atoms with Crippen molar-refractivity contribution in [2.24, 2.45) is 0 Å². The van der Waals surface area contributed by atoms with Gasteiger partial charge in [-0.25, -0.2) is 13.4 Å². The van der Waals surface area contributed by atoms with Gasteiger partial charge in [0.1, 0.15) is 16.1 Å². The Balaban J connectivity index is 1.90. The largest absolute Gasteiger partial charge is 0.430 e. The van der Waals surface area contributed by atoms with Crippen molar-refractivity contribution >= 4 is 27.3 Å². The van der Waals surface area contributed by atoms with Crippen LogP contribution < -0.4 is 4.90 Å². The first-order valence-corrected chi connectivity index (χ1v) is 12.1. The number of anilines is 1. The van der Waals surface area contributed by atoms with Crippen LogP contribution in [0.3, 0.4) is 0 Å². The number of hydrogen-bond donors (Lipinski definition) is 1. The van der Waals surface area contributed by atoms with Crippen molar-refractivity contribution in [3.8, 4) is 11.8 Å². The van der Waals surface area contributed by atoms with E-state index in [9.17, 15) is 39.9 Å². The summed E-state index contributed by atoms with van der Waals surface area (Å²) in [5.41, 5.74) is -5.77. The van der Waals surface area contributed by atoms with E-state index in [1.807, 2.05) is 0 Å². The number of rotatable bonds is 4. The number of halogens is 7. The number of benzene rings is 1. The number of sulfonamides is 1. The second-order valence-corrected chi connectivity index (χ2v) is 10.3. The minimum Gasteiger partial charge on any atom is -0.369 e. The molecule has 14 heteroatoms. The van der Waals surface area contributed by atoms with Crippen LogP contribution in [0.25, 0.3) is 0 Å². The molecule has 36 heavy (non-hydrogen) atoms. The fourth-order valence-corrected chi connectivity index (χ4v) is 5.35. The molecule has 6 nitrogen and oxygen atoms in total. The van der Waals surface area contributed by atoms with E-state index in [0.717, 1.165) is 18.3 Å². The lowest BCUT2D eigenvalue weighted by Crippen LogP contribution is -2.55. The second kappa shape index (κ2) is 9.74. The molecule has 1 aliphatic rings. The van der Waals surface area contributed by atoms with Gasteiger partial charge in [0.15, 0.2) is 0 Å². The number of aryl methyl sites for hydroxylation is 1. The maximum atomic E-state index is 13.2. The Morgan fingerprint density at radius 2 is 1.67 bits per heavy atom. The summed E-state index contributed by atoms with van der Waals surface area (Å²) >= 11 is 5.87. The zero-order valence-corrected chi connectivity index (χ0v) is 20.4. The van der Waals surface area contributed by atoms with Crippen molar-refractivity contribution in [3.63, 3.8) is 0 Å². The van der Waals surface area contributed by atoms with Gasteiger partial charge in [-0.3, -0.25) is 0 Å². The van der Waals surface area contributed by atoms with Crippen LogP contribution in [0.2, 0.25) is 5.15 Å². The van der Waals surface area contributed by atoms with Crippen LogP contribution in [0.4, 0.5) is 32.0 Å². The molecule has 1 N–H and O–H groups in total. The van der Waals surface area contributed by atoms with E-state index >= 15 is 0 Å². The van der Waals surface area contributed by atoms with E-state index in [2.05, 4.69) is 16.8 Å². The second-order valence-electron chi connectivity index (χ2n) is 8.00. The number of hydrogen-bond acceptors (Lipinski definition) is 5. The van der Waals surface area contributed by atoms with Gasteiger partial charge in [0.05, 0.1) is 0 Å². The summed E-state index contributed by atoms with van der Waals surface area (Å²) in [5.74, 6) is 5.48. The summed E-state index contributed by atoms with van der Waals surface area (Å²) in [6, 6.07) is 3.70. The van der Waals surface area contributed by atoms with Crippen molar-refractivity contribution in [3.05, 3.63) is 52.8 Å². The molecule has 1 fully saturated rings. The standard InChI is InChI=1S/C22H20ClF6N3O3S/c1-3-4-17-13-31(36(34,35)18-11-14(2)19(23)30-12-18)9-10-32(17)16-7-5-15(6-8-16)20(33,21(24,25)26)22(27,28)29/h5-8,11-12,17,33H,9-10,13H2,1-2H3/t17-/m0/s1. The number of alkyl halides is 6. The fourth-order valence-electron chi connectivity index (χ4n) is 3.78. The van der Waals surface area contributed by atoms with Crippen LogP contribution in [0.5, 0.6) is 0 Å². The lowest BCUT2D eigenvalue weighted by atomic mass is 9.92. The molecule has 0 radical (unpaired) electrons. The molecule has 1 saturated heterocycles. The molecule has 0 aliphatic carbocycles. The van der Waals surface area contributed by atoms with Gasteiger partial charge in [-0.2, -0.15) is 30.6 Å². The molecule has 1 aliphatic heterocycles. The molecule has 1 aromatic carbocycles. The first-order valence-electron chi connectivity index (χ1n) is 10.3. The highest BCUT2D eigenvalue weighted by atomic mass is 35.5. The maximum Gasteiger partial charge on any atom is 0.430 e. The summed E-state index contributed by atoms with van der Waals surface area (Å²) in [5, 5.41) is 9.74. The highest BCUT2D eigenvalue weighted by Gasteiger charge is 2.71. The summed E-state index contributed by atoms with van der Waals surface area (Å²) in [4.78, 5) is 5.35. The third kappa shape index (κ3) is 5.00. The van der Waals surface area contributed by atoms with Gasteiger partial charge in [0, 0.05) is 37.1 Å². The molecule has 3 rings (SSSR count). The highest BCUT2D eigenvalue weighted by Crippen LogP contribution is 2.50. The van der Waals surface area contributed by atoms with E-state index in [0.29, 0.717) is 17.7 Å². The summed E-state index contributed by atoms with van der Waals surface area (Å²) < 4.78 is 106. The predicted molar refractivity (Wildman–Crippen MR) is 120 cm³/mol. The van der Waals surface area contributed by atoms with E-state index in [1.54, 1.807) is 11.8 Å². The number of piperazine rings is 1. The van der Waals surface area contributed by atoms with Crippen LogP contribution in [-0.4, -0.2) is 60.8 Å². The van der Waals surface area contributed by atoms with Crippen LogP contribution in [0.15, 0.2) is 41.4 Å². The first-order chi connectivity index (χ1) is 16.5. The number of nitrogens with zero attached hydrogens (tertiary/aromatic N) is 3. The Morgan fingerprint density at radius 1 is 1.08 bits per heavy atom. The number of aromatic nitrogens is 1. The lowest BCUT2D eigenvalue weighted by Gasteiger charge is -2.40. The van der Waals surface area contributed by atoms with E-state index in [4.69, 9.17) is 11.6 Å². The molecule has 0 spiro atoms. The zero-order valence-electron chi connectivity index (χ0n) is 18.8. The molecule has 1 atom stereocenters. The Labute approximate surface area is 208 Å². The fraction of sp³-hybridized carbons (Fsp3) is 0.409. The van der Waals surface area contributed by atoms with Gasteiger partial charge in [-0.15, -0.1) is 5.92 Å². The SMILES string of the molecule is CC#C[C@H]1CN(S(=O)(=O)c2cnc(Cl)c(C)c2)CCN1c1ccc(C(O)(C(F)(F)F)C(F)(F)F)cc1. The number of aliphatic hydroxyl groups is 1. The lowest BCUT2D eigenvalue weighted by molar-refractivity contribution is -0.376. The van der Waals surface area contributed by atoms with Crippen LogP contribution >= 0.6 is 11.6 Å². The Bertz CT molecular complexity index is 1270. The van der Waals surface area contributed by atoms with Crippen LogP contribution in [0.1, 0.15) is 18.1 Å². The van der Waals surface area contributed by atoms with Gasteiger partial charge in [-0.05, 0) is 37.6 Å². The molecular formula is C22H20ClF6N3O3S. The molecule has 196 valence electrons. The molecule has 1 aromatic heterocycles. The van der Waals surface area contributed by atoms with Crippen molar-refractivity contribution in [1.82, 2.24) is 9.29 Å². The van der Waals surface area contributed by atoms with Crippen molar-refractivity contribution in [2.45, 2.75) is 42.7 Å². The van der Waals surface area contributed by atoms with Crippen LogP contribution in [0, 0.1) is 18.8 Å². The molecule has 2 aromatic rings. The Kier molecular flexibility index (Phi) is 7.59. The van der Waals surface area contributed by atoms with Crippen molar-refractivity contribution < 1.29 is 39.9 Å². The Hall–Kier alpha value is -2.53. The number of pyridine rings is 1. The van der Waals surface area contributed by atoms with E-state index in [1.165, 1.54) is 17.3 Å². The quantitative estimate of drug-likeness (QED) is 0.347. The van der Waals surface area contributed by atoms with E-state index < -0.39 is 39.6 Å². The first kappa shape index (κ1) is 28.0. The average molecular weight is 556 g/mol. The van der Waals surface area contributed by atoms with Gasteiger partial charge >= 0.3 is 12.4 Å². The summed E-state index contributed by atoms with van der Waals surface area (Å²) in [6.45, 7) is 2.99. The average Bonchev–Trinajstić information content (AvgIpc) is 2.79. The molecule has 0 unspecified atom stereocenters. The van der Waals surface area contributed by atoms with E-state index in [-0.39, 0.29) is 35.4 Å². The molecule has 2 heterocycles. The normalized spacial score (nSPS) is 18.1. The summed E-state index contributed by atoms with van der Waals surface area (Å²) in [6.07, 6.45) is -10.9. The Morgan fingerprint density at radius 3 is 2.17 bits per heavy atom. The van der Waals surface area contributed by atoms with Gasteiger partial charge in [0.25, 0.3) is 5.60 Å². The van der Waals surface area contributed by atoms with Crippen molar-refractivity contribution in [2.75, 3.05) is 24.5 Å². The highest BCUT2D eigenvalue weighted by molar-refractivity contribution is 7.89. The van der Waals surface area contributed by atoms with Gasteiger partial charge in [0.2, 0.25) is 10.0 Å². The third-order valence-electron chi connectivity index (χ3n) is 5.72. The van der Waals surface area contributed by atoms with Crippen LogP contribution in [-0.2, 0) is 15.6 Å². The molecule has 0 bridgehead atoms. The topological polar surface area (TPSA) is 73.7 Å². The zero-order chi connectivity index (χ0) is 27.1. The monoisotopic (exact) mass is 555 g/mol. The maximum absolute atomic E-state index is 13.2. The van der Waals surface area contributed by atoms with Gasteiger partial charge in [-0.1, -0.05) is 29.7 Å². The minimum absolute atomic E-state index is 0.0390. The minimum atomic E-state index is -6.00. The molecule has 0 saturated carbocycles. The van der Waals surface area contributed by atoms with Gasteiger partial charge < -0.3 is 10.0 Å². The third-order valence-corrected chi connectivity index (χ3v) is 7.94. The summed E-state index contributed by atoms with van der Waals surface area (Å²) in [7, 11) is -3.98.